The Kier molecular flexibility index (Phi) is 5720. The summed E-state index contributed by atoms with van der Waals surface area (Å²) < 4.78 is 0. The van der Waals surface area contributed by atoms with Crippen LogP contribution in [0.4, 0.5) is 0 Å². The third kappa shape index (κ3) is 1000. The van der Waals surface area contributed by atoms with Crippen LogP contribution in [0, 0.1) is 0 Å². The van der Waals surface area contributed by atoms with Gasteiger partial charge in [0.15, 0.2) is 0 Å². The van der Waals surface area contributed by atoms with Crippen LogP contribution in [0.1, 0.15) is 0 Å². The standard InChI is InChI=1S/2Au.7O2.2Ti/c;;7*1-2;;/q2*+3;7*-2;2*+4. The van der Waals surface area contributed by atoms with E-state index < -0.39 is 0 Å². The Morgan fingerprint density at radius 1 is 0.222 bits per heavy atom. The minimum Gasteiger partial charge on any atom is -1.00 e. The molecule has 0 atom stereocenters. The van der Waals surface area contributed by atoms with Gasteiger partial charge in [0.25, 0.3) is 0 Å². The van der Waals surface area contributed by atoms with Gasteiger partial charge >= 0.3 is 88.2 Å². The van der Waals surface area contributed by atoms with E-state index in [0.717, 1.165) is 0 Å². The number of hydrogen-bond donors (Lipinski definition) is 0. The number of hydrogen-bond acceptors (Lipinski definition) is 14. The van der Waals surface area contributed by atoms with Gasteiger partial charge in [0.1, 0.15) is 0 Å². The summed E-state index contributed by atoms with van der Waals surface area (Å²) in [4.78, 5) is 0. The van der Waals surface area contributed by atoms with E-state index >= 15 is 0 Å². The van der Waals surface area contributed by atoms with Crippen LogP contribution in [0.5, 0.6) is 0 Å². The molecule has 0 amide bonds. The van der Waals surface area contributed by atoms with Crippen LogP contribution in [-0.2, 0) is 88.2 Å². The molecule has 14 nitrogen and oxygen atoms in total. The molecule has 0 aromatic carbocycles. The smallest absolute Gasteiger partial charge is 1.00 e. The first kappa shape index (κ1) is 87.2. The molecule has 0 aliphatic rings. The fraction of sp³-hybridized carbons (Fsp3) is 0. The topological polar surface area (TPSA) is 323 Å². The summed E-state index contributed by atoms with van der Waals surface area (Å²) in [7, 11) is 0. The fourth-order valence-corrected chi connectivity index (χ4v) is 0. The second-order valence-corrected chi connectivity index (χ2v) is 0. The molecular formula is Au2O14Ti2. The van der Waals surface area contributed by atoms with Gasteiger partial charge in [-0.3, -0.25) is 0 Å². The van der Waals surface area contributed by atoms with Gasteiger partial charge in [-0.2, -0.15) is 0 Å². The van der Waals surface area contributed by atoms with Gasteiger partial charge in [-0.25, -0.2) is 0 Å². The normalized spacial score (nSPS) is 2.33. The van der Waals surface area contributed by atoms with Gasteiger partial charge in [0.2, 0.25) is 0 Å². The molecule has 0 rings (SSSR count). The Morgan fingerprint density at radius 2 is 0.222 bits per heavy atom. The van der Waals surface area contributed by atoms with Gasteiger partial charge < -0.3 is 73.6 Å². The maximum absolute atomic E-state index is 7.00. The van der Waals surface area contributed by atoms with E-state index in [1.165, 1.54) is 0 Å². The van der Waals surface area contributed by atoms with Crippen molar-refractivity contribution in [1.29, 1.82) is 0 Å². The molecule has 0 aromatic heterocycles. The molecule has 0 spiro atoms. The van der Waals surface area contributed by atoms with Crippen LogP contribution in [-0.4, -0.2) is 0 Å². The minimum atomic E-state index is 0. The Morgan fingerprint density at radius 3 is 0.222 bits per heavy atom. The first-order valence-electron chi connectivity index (χ1n) is 1.17. The van der Waals surface area contributed by atoms with Gasteiger partial charge in [0.05, 0.1) is 0 Å². The zero-order valence-electron chi connectivity index (χ0n) is 7.32. The van der Waals surface area contributed by atoms with E-state index in [1.807, 2.05) is 0 Å². The monoisotopic (exact) mass is 714 g/mol. The summed E-state index contributed by atoms with van der Waals surface area (Å²) in [5.74, 6) is 0. The SMILES string of the molecule is [Au+3].[Au+3].[O-][O-].[O-][O-].[O-][O-].[O-][O-].[O-][O-].[O-][O-].[O-][O-].[Ti+4].[Ti+4]. The summed E-state index contributed by atoms with van der Waals surface area (Å²) in [6, 6.07) is 0. The maximum Gasteiger partial charge on any atom is 4.00 e. The van der Waals surface area contributed by atoms with E-state index in [-0.39, 0.29) is 88.2 Å². The molecule has 0 unspecified atom stereocenters. The Balaban J connectivity index is -0.00000000340. The number of rotatable bonds is 0. The van der Waals surface area contributed by atoms with Crippen molar-refractivity contribution in [3.05, 3.63) is 0 Å². The molecule has 18 heteroatoms. The van der Waals surface area contributed by atoms with Crippen molar-refractivity contribution >= 4 is 0 Å². The van der Waals surface area contributed by atoms with E-state index in [0.29, 0.717) is 0 Å². The second kappa shape index (κ2) is 1180. The molecule has 18 heavy (non-hydrogen) atoms. The molecule has 0 aliphatic carbocycles. The van der Waals surface area contributed by atoms with Crippen molar-refractivity contribution in [3.8, 4) is 0 Å². The average Bonchev–Trinajstić information content (AvgIpc) is 2.45. The average molecular weight is 714 g/mol. The van der Waals surface area contributed by atoms with Crippen LogP contribution >= 0.6 is 0 Å². The molecule has 0 fully saturated rings. The molecule has 0 aliphatic heterocycles. The molecular weight excluding hydrogens is 714 g/mol. The Labute approximate surface area is 160 Å². The summed E-state index contributed by atoms with van der Waals surface area (Å²) in [6.45, 7) is 0. The van der Waals surface area contributed by atoms with Crippen molar-refractivity contribution in [3.63, 3.8) is 0 Å². The van der Waals surface area contributed by atoms with Gasteiger partial charge in [-0.05, 0) is 0 Å². The van der Waals surface area contributed by atoms with E-state index in [2.05, 4.69) is 0 Å². The predicted octanol–water partition coefficient (Wildman–Crippen LogP) is -16.7. The van der Waals surface area contributed by atoms with Crippen molar-refractivity contribution < 1.29 is 162 Å². The van der Waals surface area contributed by atoms with Crippen molar-refractivity contribution in [2.75, 3.05) is 0 Å². The van der Waals surface area contributed by atoms with Crippen LogP contribution in [0.25, 0.3) is 0 Å². The zero-order valence-corrected chi connectivity index (χ0v) is 14.8. The van der Waals surface area contributed by atoms with E-state index in [9.17, 15) is 0 Å². The zero-order chi connectivity index (χ0) is 14.0. The van der Waals surface area contributed by atoms with Crippen LogP contribution in [0.15, 0.2) is 0 Å². The van der Waals surface area contributed by atoms with Gasteiger partial charge in [0, 0.05) is 0 Å². The van der Waals surface area contributed by atoms with Gasteiger partial charge in [-0.15, -0.1) is 0 Å². The molecule has 0 bridgehead atoms. The molecule has 114 valence electrons. The summed E-state index contributed by atoms with van der Waals surface area (Å²) in [5.41, 5.74) is 0. The quantitative estimate of drug-likeness (QED) is 0.128. The van der Waals surface area contributed by atoms with E-state index in [4.69, 9.17) is 73.6 Å². The molecule has 0 aromatic rings. The van der Waals surface area contributed by atoms with Crippen LogP contribution in [0.3, 0.4) is 0 Å². The molecule has 0 saturated carbocycles. The Bertz CT molecular complexity index is 17.8. The van der Waals surface area contributed by atoms with Crippen molar-refractivity contribution in [2.45, 2.75) is 0 Å². The first-order valence-corrected chi connectivity index (χ1v) is 1.17. The summed E-state index contributed by atoms with van der Waals surface area (Å²) >= 11 is 0. The fourth-order valence-electron chi connectivity index (χ4n) is 0. The minimum absolute atomic E-state index is 0. The second-order valence-electron chi connectivity index (χ2n) is 0. The van der Waals surface area contributed by atoms with Crippen molar-refractivity contribution in [1.82, 2.24) is 0 Å². The third-order valence-electron chi connectivity index (χ3n) is 0. The third-order valence-corrected chi connectivity index (χ3v) is 0. The molecule has 0 radical (unpaired) electrons. The molecule has 0 N–H and O–H groups in total. The predicted molar refractivity (Wildman–Crippen MR) is 0 cm³/mol. The largest absolute Gasteiger partial charge is 4.00 e. The molecule has 0 heterocycles. The van der Waals surface area contributed by atoms with Crippen LogP contribution in [0.2, 0.25) is 0 Å². The molecule has 0 saturated heterocycles. The summed E-state index contributed by atoms with van der Waals surface area (Å²) in [6.07, 6.45) is 0. The first-order chi connectivity index (χ1) is 7.00. The maximum atomic E-state index is 7.00. The van der Waals surface area contributed by atoms with Gasteiger partial charge in [-0.1, -0.05) is 0 Å². The summed E-state index contributed by atoms with van der Waals surface area (Å²) in [5, 5.41) is 98.0. The van der Waals surface area contributed by atoms with E-state index in [1.54, 1.807) is 0 Å². The Hall–Kier alpha value is 2.35. The van der Waals surface area contributed by atoms with Crippen LogP contribution < -0.4 is 73.6 Å². The van der Waals surface area contributed by atoms with Crippen molar-refractivity contribution in [2.24, 2.45) is 0 Å².